The third-order valence-corrected chi connectivity index (χ3v) is 5.99. The predicted octanol–water partition coefficient (Wildman–Crippen LogP) is 3.44. The molecule has 1 aliphatic heterocycles. The van der Waals surface area contributed by atoms with Crippen LogP contribution in [0.4, 0.5) is 0 Å². The Bertz CT molecular complexity index is 1200. The molecule has 0 amide bonds. The van der Waals surface area contributed by atoms with Gasteiger partial charge in [0, 0.05) is 12.7 Å². The topological polar surface area (TPSA) is 108 Å². The molecule has 1 saturated heterocycles. The van der Waals surface area contributed by atoms with Gasteiger partial charge in [-0.15, -0.1) is 0 Å². The van der Waals surface area contributed by atoms with E-state index in [0.29, 0.717) is 5.56 Å². The summed E-state index contributed by atoms with van der Waals surface area (Å²) in [4.78, 5) is 39.3. The van der Waals surface area contributed by atoms with Crippen LogP contribution in [0.25, 0.3) is 0 Å². The third kappa shape index (κ3) is 4.92. The maximum Gasteiger partial charge on any atom is 0.338 e. The van der Waals surface area contributed by atoms with Crippen LogP contribution in [0.15, 0.2) is 91.0 Å². The van der Waals surface area contributed by atoms with Gasteiger partial charge in [-0.2, -0.15) is 0 Å². The Morgan fingerprint density at radius 3 is 1.78 bits per heavy atom. The molecule has 5 atom stereocenters. The molecule has 8 heteroatoms. The lowest BCUT2D eigenvalue weighted by atomic mass is 9.85. The maximum absolute atomic E-state index is 13.6. The molecule has 0 aromatic heterocycles. The number of ether oxygens (including phenoxy) is 4. The summed E-state index contributed by atoms with van der Waals surface area (Å²) in [6, 6.07) is 24.5. The Balaban J connectivity index is 1.69. The minimum Gasteiger partial charge on any atom is -0.456 e. The van der Waals surface area contributed by atoms with E-state index in [0.717, 1.165) is 0 Å². The Morgan fingerprint density at radius 2 is 1.28 bits per heavy atom. The molecular weight excluding hydrogens is 464 g/mol. The van der Waals surface area contributed by atoms with Crippen LogP contribution in [-0.4, -0.2) is 60.1 Å². The highest BCUT2D eigenvalue weighted by molar-refractivity contribution is 6.04. The molecule has 1 fully saturated rings. The number of hydrogen-bond acceptors (Lipinski definition) is 8. The second kappa shape index (κ2) is 10.8. The Labute approximate surface area is 208 Å². The number of methoxy groups -OCH3 is 1. The summed E-state index contributed by atoms with van der Waals surface area (Å²) in [5.41, 5.74) is -1.74. The molecule has 8 nitrogen and oxygen atoms in total. The van der Waals surface area contributed by atoms with Gasteiger partial charge in [0.25, 0.3) is 0 Å². The van der Waals surface area contributed by atoms with E-state index in [1.165, 1.54) is 38.3 Å². The second-order valence-corrected chi connectivity index (χ2v) is 8.36. The molecule has 36 heavy (non-hydrogen) atoms. The van der Waals surface area contributed by atoms with Crippen molar-refractivity contribution >= 4 is 17.7 Å². The van der Waals surface area contributed by atoms with Gasteiger partial charge in [0.1, 0.15) is 12.2 Å². The Hall–Kier alpha value is -3.85. The van der Waals surface area contributed by atoms with Crippen LogP contribution in [0.5, 0.6) is 0 Å². The lowest BCUT2D eigenvalue weighted by Crippen LogP contribution is -2.57. The first kappa shape index (κ1) is 25.2. The first-order chi connectivity index (χ1) is 17.4. The van der Waals surface area contributed by atoms with Gasteiger partial charge in [-0.1, -0.05) is 66.7 Å². The van der Waals surface area contributed by atoms with Crippen LogP contribution in [-0.2, 0) is 18.9 Å². The summed E-state index contributed by atoms with van der Waals surface area (Å²) >= 11 is 0. The van der Waals surface area contributed by atoms with E-state index in [4.69, 9.17) is 18.9 Å². The predicted molar refractivity (Wildman–Crippen MR) is 128 cm³/mol. The van der Waals surface area contributed by atoms with Gasteiger partial charge in [0.2, 0.25) is 11.4 Å². The SMILES string of the molecule is COC1O[C@H](C(C)OC(=O)c2ccccc2)[C@@H](OC(=O)c2ccccc2)[C@]1(O)C(=O)c1ccccc1. The number of esters is 2. The highest BCUT2D eigenvalue weighted by atomic mass is 16.7. The zero-order valence-electron chi connectivity index (χ0n) is 19.8. The van der Waals surface area contributed by atoms with E-state index in [2.05, 4.69) is 0 Å². The molecule has 0 aliphatic carbocycles. The average molecular weight is 491 g/mol. The van der Waals surface area contributed by atoms with E-state index in [-0.39, 0.29) is 11.1 Å². The minimum atomic E-state index is -2.42. The first-order valence-corrected chi connectivity index (χ1v) is 11.4. The van der Waals surface area contributed by atoms with Gasteiger partial charge in [-0.3, -0.25) is 4.79 Å². The molecule has 1 aliphatic rings. The summed E-state index contributed by atoms with van der Waals surface area (Å²) in [5.74, 6) is -2.18. The normalized spacial score (nSPS) is 24.0. The molecule has 2 unspecified atom stereocenters. The van der Waals surface area contributed by atoms with Crippen molar-refractivity contribution in [2.45, 2.75) is 37.1 Å². The first-order valence-electron chi connectivity index (χ1n) is 11.4. The number of ketones is 1. The maximum atomic E-state index is 13.6. The van der Waals surface area contributed by atoms with Gasteiger partial charge in [0.15, 0.2) is 12.4 Å². The lowest BCUT2D eigenvalue weighted by Gasteiger charge is -2.32. The van der Waals surface area contributed by atoms with Crippen molar-refractivity contribution in [1.82, 2.24) is 0 Å². The number of benzene rings is 3. The highest BCUT2D eigenvalue weighted by Gasteiger charge is 2.65. The van der Waals surface area contributed by atoms with Crippen molar-refractivity contribution in [2.24, 2.45) is 0 Å². The van der Waals surface area contributed by atoms with E-state index < -0.39 is 47.9 Å². The number of Topliss-reactive ketones (excluding diaryl/α,β-unsaturated/α-hetero) is 1. The fourth-order valence-corrected chi connectivity index (χ4v) is 4.14. The Kier molecular flexibility index (Phi) is 7.59. The monoisotopic (exact) mass is 490 g/mol. The summed E-state index contributed by atoms with van der Waals surface area (Å²) in [6.45, 7) is 1.53. The molecule has 0 bridgehead atoms. The third-order valence-electron chi connectivity index (χ3n) is 5.99. The van der Waals surface area contributed by atoms with Crippen LogP contribution in [0.2, 0.25) is 0 Å². The second-order valence-electron chi connectivity index (χ2n) is 8.36. The molecule has 3 aromatic rings. The van der Waals surface area contributed by atoms with Crippen LogP contribution in [0.1, 0.15) is 38.0 Å². The van der Waals surface area contributed by atoms with E-state index in [1.54, 1.807) is 66.7 Å². The van der Waals surface area contributed by atoms with Crippen LogP contribution in [0, 0.1) is 0 Å². The van der Waals surface area contributed by atoms with E-state index in [1.807, 2.05) is 0 Å². The standard InChI is InChI=1S/C28H26O8/c1-18(34-25(30)20-14-8-4-9-15-20)22-24(36-26(31)21-16-10-5-11-17-21)28(32,27(33-2)35-22)23(29)19-12-6-3-7-13-19/h3-18,22,24,27,32H,1-2H3/t18?,22-,24-,27?,28-/m1/s1. The molecule has 4 rings (SSSR count). The molecule has 1 N–H and O–H groups in total. The number of carbonyl (C=O) groups excluding carboxylic acids is 3. The van der Waals surface area contributed by atoms with Gasteiger partial charge < -0.3 is 24.1 Å². The van der Waals surface area contributed by atoms with Crippen LogP contribution < -0.4 is 0 Å². The van der Waals surface area contributed by atoms with Crippen molar-refractivity contribution in [3.05, 3.63) is 108 Å². The summed E-state index contributed by atoms with van der Waals surface area (Å²) in [5, 5.41) is 11.8. The largest absolute Gasteiger partial charge is 0.456 e. The lowest BCUT2D eigenvalue weighted by molar-refractivity contribution is -0.180. The van der Waals surface area contributed by atoms with Gasteiger partial charge in [0.05, 0.1) is 11.1 Å². The molecule has 0 saturated carbocycles. The minimum absolute atomic E-state index is 0.168. The molecule has 0 spiro atoms. The van der Waals surface area contributed by atoms with Crippen molar-refractivity contribution in [2.75, 3.05) is 7.11 Å². The smallest absolute Gasteiger partial charge is 0.338 e. The van der Waals surface area contributed by atoms with Crippen molar-refractivity contribution in [3.8, 4) is 0 Å². The number of rotatable bonds is 8. The van der Waals surface area contributed by atoms with Gasteiger partial charge in [-0.05, 0) is 31.2 Å². The fraction of sp³-hybridized carbons (Fsp3) is 0.250. The van der Waals surface area contributed by atoms with E-state index >= 15 is 0 Å². The molecule has 3 aromatic carbocycles. The summed E-state index contributed by atoms with van der Waals surface area (Å²) in [6.07, 6.45) is -5.29. The number of aliphatic hydroxyl groups is 1. The summed E-state index contributed by atoms with van der Waals surface area (Å²) in [7, 11) is 1.26. The quantitative estimate of drug-likeness (QED) is 0.378. The van der Waals surface area contributed by atoms with Crippen LogP contribution in [0.3, 0.4) is 0 Å². The molecular formula is C28H26O8. The van der Waals surface area contributed by atoms with Crippen molar-refractivity contribution in [1.29, 1.82) is 0 Å². The zero-order chi connectivity index (χ0) is 25.7. The molecule has 186 valence electrons. The summed E-state index contributed by atoms with van der Waals surface area (Å²) < 4.78 is 22.5. The van der Waals surface area contributed by atoms with Gasteiger partial charge >= 0.3 is 11.9 Å². The number of hydrogen-bond donors (Lipinski definition) is 1. The highest BCUT2D eigenvalue weighted by Crippen LogP contribution is 2.39. The van der Waals surface area contributed by atoms with Crippen LogP contribution >= 0.6 is 0 Å². The molecule has 0 radical (unpaired) electrons. The molecule has 1 heterocycles. The van der Waals surface area contributed by atoms with E-state index in [9.17, 15) is 19.5 Å². The zero-order valence-corrected chi connectivity index (χ0v) is 19.8. The van der Waals surface area contributed by atoms with Gasteiger partial charge in [-0.25, -0.2) is 9.59 Å². The average Bonchev–Trinajstić information content (AvgIpc) is 3.21. The van der Waals surface area contributed by atoms with Crippen molar-refractivity contribution < 1.29 is 38.4 Å². The number of carbonyl (C=O) groups is 3. The Morgan fingerprint density at radius 1 is 0.806 bits per heavy atom. The fourth-order valence-electron chi connectivity index (χ4n) is 4.14. The van der Waals surface area contributed by atoms with Crippen molar-refractivity contribution in [3.63, 3.8) is 0 Å².